The van der Waals surface area contributed by atoms with E-state index in [0.717, 1.165) is 25.7 Å². The number of alkyl carbamates (subject to hydrolysis) is 1. The monoisotopic (exact) mass is 279 g/mol. The summed E-state index contributed by atoms with van der Waals surface area (Å²) >= 11 is 0. The van der Waals surface area contributed by atoms with Crippen molar-refractivity contribution in [2.75, 3.05) is 6.61 Å². The van der Waals surface area contributed by atoms with Crippen LogP contribution in [0, 0.1) is 0 Å². The third-order valence-corrected chi connectivity index (χ3v) is 3.66. The van der Waals surface area contributed by atoms with Crippen LogP contribution in [0.25, 0.3) is 0 Å². The highest BCUT2D eigenvalue weighted by molar-refractivity contribution is 5.67. The summed E-state index contributed by atoms with van der Waals surface area (Å²) in [5, 5.41) is 2.95. The van der Waals surface area contributed by atoms with Gasteiger partial charge in [-0.05, 0) is 52.5 Å². The van der Waals surface area contributed by atoms with E-state index in [0.29, 0.717) is 12.6 Å². The van der Waals surface area contributed by atoms with E-state index in [-0.39, 0.29) is 6.09 Å². The Hall–Kier alpha value is -1.25. The van der Waals surface area contributed by atoms with E-state index < -0.39 is 0 Å². The number of allylic oxidation sites excluding steroid dienone is 3. The van der Waals surface area contributed by atoms with Crippen molar-refractivity contribution < 1.29 is 9.53 Å². The molecule has 0 saturated heterocycles. The lowest BCUT2D eigenvalue weighted by Crippen LogP contribution is -2.36. The van der Waals surface area contributed by atoms with Gasteiger partial charge in [0.05, 0.1) is 0 Å². The molecule has 1 rings (SSSR count). The number of carbonyl (C=O) groups excluding carboxylic acids is 1. The van der Waals surface area contributed by atoms with E-state index in [1.54, 1.807) is 0 Å². The molecule has 1 saturated carbocycles. The molecule has 0 aromatic carbocycles. The second kappa shape index (κ2) is 9.62. The van der Waals surface area contributed by atoms with Crippen LogP contribution in [-0.2, 0) is 4.74 Å². The third-order valence-electron chi connectivity index (χ3n) is 3.66. The van der Waals surface area contributed by atoms with Crippen LogP contribution < -0.4 is 5.32 Å². The van der Waals surface area contributed by atoms with Crippen LogP contribution in [0.15, 0.2) is 23.3 Å². The summed E-state index contributed by atoms with van der Waals surface area (Å²) in [6.45, 7) is 6.68. The molecule has 0 atom stereocenters. The molecule has 0 bridgehead atoms. The Balaban J connectivity index is 2.14. The lowest BCUT2D eigenvalue weighted by atomic mass is 9.96. The minimum atomic E-state index is -0.273. The average Bonchev–Trinajstić information content (AvgIpc) is 2.39. The maximum Gasteiger partial charge on any atom is 0.407 e. The minimum absolute atomic E-state index is 0.273. The number of rotatable bonds is 6. The first-order valence-electron chi connectivity index (χ1n) is 7.80. The van der Waals surface area contributed by atoms with E-state index in [1.165, 1.54) is 30.4 Å². The molecule has 1 N–H and O–H groups in total. The van der Waals surface area contributed by atoms with Crippen LogP contribution in [0.3, 0.4) is 0 Å². The highest BCUT2D eigenvalue weighted by Gasteiger charge is 2.15. The topological polar surface area (TPSA) is 38.3 Å². The standard InChI is InChI=1S/C17H29NO2/c1-14(2)8-7-9-15(3)12-13-20-17(19)18-16-10-5-4-6-11-16/h8,12,16H,4-7,9-11,13H2,1-3H3,(H,18,19)/b15-12+. The Bertz CT molecular complexity index is 348. The third kappa shape index (κ3) is 8.03. The Morgan fingerprint density at radius 1 is 1.15 bits per heavy atom. The molecule has 0 unspecified atom stereocenters. The van der Waals surface area contributed by atoms with Crippen LogP contribution >= 0.6 is 0 Å². The predicted molar refractivity (Wildman–Crippen MR) is 83.8 cm³/mol. The van der Waals surface area contributed by atoms with Crippen LogP contribution in [0.1, 0.15) is 65.7 Å². The second-order valence-electron chi connectivity index (χ2n) is 5.95. The van der Waals surface area contributed by atoms with Gasteiger partial charge < -0.3 is 10.1 Å². The maximum atomic E-state index is 11.6. The molecule has 0 heterocycles. The van der Waals surface area contributed by atoms with E-state index in [9.17, 15) is 4.79 Å². The SMILES string of the molecule is CC(C)=CCC/C(C)=C/COC(=O)NC1CCCCC1. The fraction of sp³-hybridized carbons (Fsp3) is 0.706. The lowest BCUT2D eigenvalue weighted by Gasteiger charge is -2.22. The summed E-state index contributed by atoms with van der Waals surface area (Å²) in [7, 11) is 0. The summed E-state index contributed by atoms with van der Waals surface area (Å²) in [4.78, 5) is 11.6. The summed E-state index contributed by atoms with van der Waals surface area (Å²) < 4.78 is 5.20. The number of nitrogens with one attached hydrogen (secondary N) is 1. The molecule has 1 aliphatic carbocycles. The first-order valence-corrected chi connectivity index (χ1v) is 7.80. The van der Waals surface area contributed by atoms with Gasteiger partial charge >= 0.3 is 6.09 Å². The molecule has 0 aliphatic heterocycles. The maximum absolute atomic E-state index is 11.6. The highest BCUT2D eigenvalue weighted by Crippen LogP contribution is 2.17. The molecule has 1 aliphatic rings. The Morgan fingerprint density at radius 3 is 2.50 bits per heavy atom. The number of amides is 1. The zero-order valence-electron chi connectivity index (χ0n) is 13.2. The van der Waals surface area contributed by atoms with Gasteiger partial charge in [-0.3, -0.25) is 0 Å². The van der Waals surface area contributed by atoms with Gasteiger partial charge in [-0.1, -0.05) is 36.5 Å². The molecule has 114 valence electrons. The molecule has 1 amide bonds. The van der Waals surface area contributed by atoms with Crippen molar-refractivity contribution in [1.29, 1.82) is 0 Å². The normalized spacial score (nSPS) is 16.6. The Morgan fingerprint density at radius 2 is 1.85 bits per heavy atom. The summed E-state index contributed by atoms with van der Waals surface area (Å²) in [6, 6.07) is 0.319. The van der Waals surface area contributed by atoms with Gasteiger partial charge in [0.15, 0.2) is 0 Å². The van der Waals surface area contributed by atoms with Crippen molar-refractivity contribution in [3.05, 3.63) is 23.3 Å². The fourth-order valence-electron chi connectivity index (χ4n) is 2.41. The van der Waals surface area contributed by atoms with Crippen LogP contribution in [-0.4, -0.2) is 18.7 Å². The van der Waals surface area contributed by atoms with Crippen molar-refractivity contribution in [2.45, 2.75) is 71.8 Å². The van der Waals surface area contributed by atoms with Gasteiger partial charge in [-0.15, -0.1) is 0 Å². The number of carbonyl (C=O) groups is 1. The summed E-state index contributed by atoms with van der Waals surface area (Å²) in [6.07, 6.45) is 11.9. The molecule has 20 heavy (non-hydrogen) atoms. The molecule has 0 spiro atoms. The number of hydrogen-bond acceptors (Lipinski definition) is 2. The van der Waals surface area contributed by atoms with E-state index in [1.807, 2.05) is 6.08 Å². The quantitative estimate of drug-likeness (QED) is 0.713. The van der Waals surface area contributed by atoms with Gasteiger partial charge in [0.25, 0.3) is 0 Å². The van der Waals surface area contributed by atoms with Crippen molar-refractivity contribution in [2.24, 2.45) is 0 Å². The number of hydrogen-bond donors (Lipinski definition) is 1. The van der Waals surface area contributed by atoms with E-state index in [4.69, 9.17) is 4.74 Å². The molecular weight excluding hydrogens is 250 g/mol. The zero-order valence-corrected chi connectivity index (χ0v) is 13.2. The Kier molecular flexibility index (Phi) is 8.08. The van der Waals surface area contributed by atoms with Crippen molar-refractivity contribution in [3.8, 4) is 0 Å². The largest absolute Gasteiger partial charge is 0.445 e. The molecule has 0 aromatic heterocycles. The second-order valence-corrected chi connectivity index (χ2v) is 5.95. The van der Waals surface area contributed by atoms with Crippen molar-refractivity contribution in [3.63, 3.8) is 0 Å². The van der Waals surface area contributed by atoms with Gasteiger partial charge in [0, 0.05) is 6.04 Å². The average molecular weight is 279 g/mol. The van der Waals surface area contributed by atoms with Gasteiger partial charge in [0.1, 0.15) is 6.61 Å². The van der Waals surface area contributed by atoms with Crippen LogP contribution in [0.2, 0.25) is 0 Å². The molecule has 1 fully saturated rings. The van der Waals surface area contributed by atoms with Crippen LogP contribution in [0.4, 0.5) is 4.79 Å². The zero-order chi connectivity index (χ0) is 14.8. The molecule has 3 heteroatoms. The van der Waals surface area contributed by atoms with E-state index >= 15 is 0 Å². The van der Waals surface area contributed by atoms with Gasteiger partial charge in [-0.2, -0.15) is 0 Å². The van der Waals surface area contributed by atoms with Gasteiger partial charge in [-0.25, -0.2) is 4.79 Å². The van der Waals surface area contributed by atoms with E-state index in [2.05, 4.69) is 32.2 Å². The van der Waals surface area contributed by atoms with Gasteiger partial charge in [0.2, 0.25) is 0 Å². The lowest BCUT2D eigenvalue weighted by molar-refractivity contribution is 0.150. The molecular formula is C17H29NO2. The first-order chi connectivity index (χ1) is 9.58. The van der Waals surface area contributed by atoms with Crippen LogP contribution in [0.5, 0.6) is 0 Å². The fourth-order valence-corrected chi connectivity index (χ4v) is 2.41. The summed E-state index contributed by atoms with van der Waals surface area (Å²) in [5.41, 5.74) is 2.62. The molecule has 3 nitrogen and oxygen atoms in total. The summed E-state index contributed by atoms with van der Waals surface area (Å²) in [5.74, 6) is 0. The first kappa shape index (κ1) is 16.8. The molecule has 0 aromatic rings. The molecule has 0 radical (unpaired) electrons. The van der Waals surface area contributed by atoms with Crippen molar-refractivity contribution >= 4 is 6.09 Å². The smallest absolute Gasteiger partial charge is 0.407 e. The Labute approximate surface area is 123 Å². The predicted octanol–water partition coefficient (Wildman–Crippen LogP) is 4.74. The van der Waals surface area contributed by atoms with Crippen molar-refractivity contribution in [1.82, 2.24) is 5.32 Å². The minimum Gasteiger partial charge on any atom is -0.445 e. The highest BCUT2D eigenvalue weighted by atomic mass is 16.5. The number of ether oxygens (including phenoxy) is 1.